The summed E-state index contributed by atoms with van der Waals surface area (Å²) < 4.78 is 0. The number of rotatable bonds is 2. The Kier molecular flexibility index (Phi) is 3.17. The normalized spacial score (nSPS) is 24.4. The molecule has 3 heteroatoms. The molecule has 1 heterocycles. The SMILES string of the molecule is CC1(C)CNC(CO)CN1c1ccccc1. The zero-order valence-corrected chi connectivity index (χ0v) is 9.98. The Morgan fingerprint density at radius 1 is 1.38 bits per heavy atom. The summed E-state index contributed by atoms with van der Waals surface area (Å²) >= 11 is 0. The van der Waals surface area contributed by atoms with Crippen molar-refractivity contribution in [3.63, 3.8) is 0 Å². The Morgan fingerprint density at radius 2 is 2.06 bits per heavy atom. The van der Waals surface area contributed by atoms with Crippen molar-refractivity contribution in [1.29, 1.82) is 0 Å². The molecule has 0 aliphatic carbocycles. The van der Waals surface area contributed by atoms with Gasteiger partial charge in [-0.15, -0.1) is 0 Å². The first-order chi connectivity index (χ1) is 7.63. The van der Waals surface area contributed by atoms with Crippen LogP contribution in [0.4, 0.5) is 5.69 Å². The summed E-state index contributed by atoms with van der Waals surface area (Å²) in [6.45, 7) is 6.39. The molecule has 1 unspecified atom stereocenters. The fourth-order valence-corrected chi connectivity index (χ4v) is 2.21. The summed E-state index contributed by atoms with van der Waals surface area (Å²) in [4.78, 5) is 2.37. The third-order valence-electron chi connectivity index (χ3n) is 3.25. The Labute approximate surface area is 97.1 Å². The lowest BCUT2D eigenvalue weighted by Crippen LogP contribution is -2.63. The van der Waals surface area contributed by atoms with E-state index >= 15 is 0 Å². The molecule has 1 saturated heterocycles. The summed E-state index contributed by atoms with van der Waals surface area (Å²) in [6, 6.07) is 10.6. The molecule has 1 aromatic carbocycles. The van der Waals surface area contributed by atoms with Gasteiger partial charge in [0.25, 0.3) is 0 Å². The average molecular weight is 220 g/mol. The van der Waals surface area contributed by atoms with Gasteiger partial charge >= 0.3 is 0 Å². The number of aliphatic hydroxyl groups is 1. The Bertz CT molecular complexity index is 337. The van der Waals surface area contributed by atoms with Crippen LogP contribution >= 0.6 is 0 Å². The predicted octanol–water partition coefficient (Wildman–Crippen LogP) is 1.24. The van der Waals surface area contributed by atoms with Crippen molar-refractivity contribution in [3.8, 4) is 0 Å². The van der Waals surface area contributed by atoms with E-state index in [1.807, 2.05) is 6.07 Å². The lowest BCUT2D eigenvalue weighted by atomic mass is 9.96. The van der Waals surface area contributed by atoms with Crippen molar-refractivity contribution in [3.05, 3.63) is 30.3 Å². The molecule has 1 aliphatic heterocycles. The number of piperazine rings is 1. The molecular formula is C13H20N2O. The van der Waals surface area contributed by atoms with Crippen LogP contribution in [0.25, 0.3) is 0 Å². The van der Waals surface area contributed by atoms with E-state index in [-0.39, 0.29) is 18.2 Å². The highest BCUT2D eigenvalue weighted by Gasteiger charge is 2.33. The maximum absolute atomic E-state index is 9.24. The zero-order chi connectivity index (χ0) is 11.6. The van der Waals surface area contributed by atoms with Crippen molar-refractivity contribution >= 4 is 5.69 Å². The molecule has 1 atom stereocenters. The number of para-hydroxylation sites is 1. The molecule has 0 bridgehead atoms. The monoisotopic (exact) mass is 220 g/mol. The summed E-state index contributed by atoms with van der Waals surface area (Å²) in [5.74, 6) is 0. The molecule has 0 amide bonds. The number of hydrogen-bond donors (Lipinski definition) is 2. The van der Waals surface area contributed by atoms with Gasteiger partial charge in [-0.2, -0.15) is 0 Å². The van der Waals surface area contributed by atoms with Crippen LogP contribution in [0.3, 0.4) is 0 Å². The van der Waals surface area contributed by atoms with Gasteiger partial charge in [0.15, 0.2) is 0 Å². The van der Waals surface area contributed by atoms with Crippen LogP contribution in [-0.4, -0.2) is 36.4 Å². The topological polar surface area (TPSA) is 35.5 Å². The Morgan fingerprint density at radius 3 is 2.69 bits per heavy atom. The van der Waals surface area contributed by atoms with Crippen LogP contribution in [0.5, 0.6) is 0 Å². The van der Waals surface area contributed by atoms with Crippen molar-refractivity contribution in [2.45, 2.75) is 25.4 Å². The van der Waals surface area contributed by atoms with Crippen LogP contribution in [0.2, 0.25) is 0 Å². The number of hydrogen-bond acceptors (Lipinski definition) is 3. The highest BCUT2D eigenvalue weighted by atomic mass is 16.3. The summed E-state index contributed by atoms with van der Waals surface area (Å²) in [7, 11) is 0. The minimum atomic E-state index is 0.0903. The van der Waals surface area contributed by atoms with Gasteiger partial charge in [-0.3, -0.25) is 0 Å². The smallest absolute Gasteiger partial charge is 0.0601 e. The van der Waals surface area contributed by atoms with Gasteiger partial charge < -0.3 is 15.3 Å². The van der Waals surface area contributed by atoms with Gasteiger partial charge in [0.05, 0.1) is 6.61 Å². The van der Waals surface area contributed by atoms with E-state index in [4.69, 9.17) is 0 Å². The van der Waals surface area contributed by atoms with Crippen molar-refractivity contribution in [2.75, 3.05) is 24.6 Å². The van der Waals surface area contributed by atoms with E-state index in [1.165, 1.54) is 5.69 Å². The van der Waals surface area contributed by atoms with Crippen LogP contribution in [0.1, 0.15) is 13.8 Å². The molecule has 1 aliphatic rings. The first-order valence-electron chi connectivity index (χ1n) is 5.80. The Hall–Kier alpha value is -1.06. The fourth-order valence-electron chi connectivity index (χ4n) is 2.21. The van der Waals surface area contributed by atoms with Crippen LogP contribution in [0, 0.1) is 0 Å². The lowest BCUT2D eigenvalue weighted by molar-refractivity contribution is 0.210. The summed E-state index contributed by atoms with van der Waals surface area (Å²) in [6.07, 6.45) is 0. The molecule has 1 aromatic rings. The van der Waals surface area contributed by atoms with Crippen molar-refractivity contribution < 1.29 is 5.11 Å². The second-order valence-corrected chi connectivity index (χ2v) is 5.02. The first-order valence-corrected chi connectivity index (χ1v) is 5.80. The van der Waals surface area contributed by atoms with Crippen molar-refractivity contribution in [1.82, 2.24) is 5.32 Å². The molecule has 1 fully saturated rings. The van der Waals surface area contributed by atoms with E-state index in [9.17, 15) is 5.11 Å². The molecular weight excluding hydrogens is 200 g/mol. The van der Waals surface area contributed by atoms with Gasteiger partial charge in [0, 0.05) is 30.4 Å². The van der Waals surface area contributed by atoms with Gasteiger partial charge in [0.1, 0.15) is 0 Å². The van der Waals surface area contributed by atoms with Gasteiger partial charge in [0.2, 0.25) is 0 Å². The van der Waals surface area contributed by atoms with E-state index in [2.05, 4.69) is 48.3 Å². The molecule has 2 rings (SSSR count). The Balaban J connectivity index is 2.22. The standard InChI is InChI=1S/C13H20N2O/c1-13(2)10-14-11(9-16)8-15(13)12-6-4-3-5-7-12/h3-7,11,14,16H,8-10H2,1-2H3. The average Bonchev–Trinajstić information content (AvgIpc) is 2.30. The zero-order valence-electron chi connectivity index (χ0n) is 9.98. The molecule has 0 saturated carbocycles. The maximum atomic E-state index is 9.24. The maximum Gasteiger partial charge on any atom is 0.0601 e. The minimum absolute atomic E-state index is 0.0903. The lowest BCUT2D eigenvalue weighted by Gasteiger charge is -2.47. The first kappa shape index (κ1) is 11.4. The van der Waals surface area contributed by atoms with E-state index < -0.39 is 0 Å². The molecule has 2 N–H and O–H groups in total. The number of anilines is 1. The third kappa shape index (κ3) is 2.20. The molecule has 0 spiro atoms. The van der Waals surface area contributed by atoms with E-state index in [0.29, 0.717) is 0 Å². The minimum Gasteiger partial charge on any atom is -0.395 e. The van der Waals surface area contributed by atoms with Crippen molar-refractivity contribution in [2.24, 2.45) is 0 Å². The predicted molar refractivity (Wildman–Crippen MR) is 66.7 cm³/mol. The summed E-state index contributed by atoms with van der Waals surface area (Å²) in [5.41, 5.74) is 1.32. The number of nitrogens with zero attached hydrogens (tertiary/aromatic N) is 1. The molecule has 16 heavy (non-hydrogen) atoms. The number of aliphatic hydroxyl groups excluding tert-OH is 1. The van der Waals surface area contributed by atoms with Gasteiger partial charge in [-0.1, -0.05) is 18.2 Å². The van der Waals surface area contributed by atoms with E-state index in [1.54, 1.807) is 0 Å². The molecule has 0 aromatic heterocycles. The largest absolute Gasteiger partial charge is 0.395 e. The third-order valence-corrected chi connectivity index (χ3v) is 3.25. The van der Waals surface area contributed by atoms with E-state index in [0.717, 1.165) is 13.1 Å². The quantitative estimate of drug-likeness (QED) is 0.787. The van der Waals surface area contributed by atoms with Crippen LogP contribution < -0.4 is 10.2 Å². The summed E-state index contributed by atoms with van der Waals surface area (Å²) in [5, 5.41) is 12.6. The number of benzene rings is 1. The second kappa shape index (κ2) is 4.44. The molecule has 3 nitrogen and oxygen atoms in total. The van der Waals surface area contributed by atoms with Crippen LogP contribution in [0.15, 0.2) is 30.3 Å². The highest BCUT2D eigenvalue weighted by Crippen LogP contribution is 2.26. The molecule has 88 valence electrons. The second-order valence-electron chi connectivity index (χ2n) is 5.02. The van der Waals surface area contributed by atoms with Gasteiger partial charge in [-0.05, 0) is 26.0 Å². The van der Waals surface area contributed by atoms with Gasteiger partial charge in [-0.25, -0.2) is 0 Å². The van der Waals surface area contributed by atoms with Crippen LogP contribution in [-0.2, 0) is 0 Å². The fraction of sp³-hybridized carbons (Fsp3) is 0.538. The number of nitrogens with one attached hydrogen (secondary N) is 1. The highest BCUT2D eigenvalue weighted by molar-refractivity contribution is 5.49. The molecule has 0 radical (unpaired) electrons.